The van der Waals surface area contributed by atoms with Crippen molar-refractivity contribution in [2.75, 3.05) is 20.8 Å². The summed E-state index contributed by atoms with van der Waals surface area (Å²) in [5, 5.41) is 12.4. The molecule has 1 aromatic carbocycles. The van der Waals surface area contributed by atoms with E-state index in [0.717, 1.165) is 19.3 Å². The van der Waals surface area contributed by atoms with Gasteiger partial charge in [0.05, 0.1) is 20.3 Å². The molecule has 110 valence electrons. The van der Waals surface area contributed by atoms with Crippen molar-refractivity contribution in [1.29, 1.82) is 0 Å². The number of benzene rings is 1. The minimum atomic E-state index is -0.210. The molecule has 0 heterocycles. The number of rotatable bonds is 5. The van der Waals surface area contributed by atoms with Crippen LogP contribution in [0.2, 0.25) is 0 Å². The maximum atomic E-state index is 12.1. The van der Waals surface area contributed by atoms with Crippen molar-refractivity contribution in [3.63, 3.8) is 0 Å². The monoisotopic (exact) mass is 279 g/mol. The van der Waals surface area contributed by atoms with Crippen molar-refractivity contribution >= 4 is 5.91 Å². The molecule has 2 N–H and O–H groups in total. The first-order valence-electron chi connectivity index (χ1n) is 6.82. The van der Waals surface area contributed by atoms with E-state index in [1.54, 1.807) is 32.4 Å². The van der Waals surface area contributed by atoms with E-state index in [9.17, 15) is 9.90 Å². The second kappa shape index (κ2) is 6.61. The molecule has 0 radical (unpaired) electrons. The van der Waals surface area contributed by atoms with Crippen molar-refractivity contribution in [2.45, 2.75) is 25.4 Å². The van der Waals surface area contributed by atoms with Crippen LogP contribution in [0.5, 0.6) is 11.5 Å². The highest BCUT2D eigenvalue weighted by atomic mass is 16.5. The summed E-state index contributed by atoms with van der Waals surface area (Å²) in [5.41, 5.74) is 0.543. The van der Waals surface area contributed by atoms with E-state index < -0.39 is 0 Å². The van der Waals surface area contributed by atoms with Crippen LogP contribution in [0.4, 0.5) is 0 Å². The van der Waals surface area contributed by atoms with E-state index in [4.69, 9.17) is 9.47 Å². The van der Waals surface area contributed by atoms with Crippen LogP contribution in [-0.4, -0.2) is 37.9 Å². The number of ether oxygens (including phenoxy) is 2. The van der Waals surface area contributed by atoms with Crippen LogP contribution in [0.25, 0.3) is 0 Å². The molecule has 20 heavy (non-hydrogen) atoms. The van der Waals surface area contributed by atoms with Crippen LogP contribution >= 0.6 is 0 Å². The summed E-state index contributed by atoms with van der Waals surface area (Å²) in [6, 6.07) is 5.09. The average Bonchev–Trinajstić information content (AvgIpc) is 2.89. The van der Waals surface area contributed by atoms with Gasteiger partial charge in [-0.2, -0.15) is 0 Å². The molecule has 5 nitrogen and oxygen atoms in total. The molecule has 0 aliphatic heterocycles. The van der Waals surface area contributed by atoms with E-state index in [1.807, 2.05) is 0 Å². The molecule has 1 amide bonds. The van der Waals surface area contributed by atoms with Gasteiger partial charge in [-0.25, -0.2) is 0 Å². The summed E-state index contributed by atoms with van der Waals surface area (Å²) in [6.07, 6.45) is 2.36. The van der Waals surface area contributed by atoms with Gasteiger partial charge in [0.2, 0.25) is 0 Å². The van der Waals surface area contributed by atoms with Gasteiger partial charge >= 0.3 is 0 Å². The molecule has 0 aromatic heterocycles. The molecule has 5 heteroatoms. The summed E-state index contributed by atoms with van der Waals surface area (Å²) in [4.78, 5) is 12.1. The van der Waals surface area contributed by atoms with Gasteiger partial charge in [-0.3, -0.25) is 4.79 Å². The lowest BCUT2D eigenvalue weighted by molar-refractivity contribution is 0.0944. The third-order valence-electron chi connectivity index (χ3n) is 3.71. The van der Waals surface area contributed by atoms with Crippen LogP contribution in [-0.2, 0) is 0 Å². The van der Waals surface area contributed by atoms with Gasteiger partial charge in [0.15, 0.2) is 11.5 Å². The third-order valence-corrected chi connectivity index (χ3v) is 3.71. The fourth-order valence-electron chi connectivity index (χ4n) is 2.55. The summed E-state index contributed by atoms with van der Waals surface area (Å²) < 4.78 is 10.3. The van der Waals surface area contributed by atoms with Crippen molar-refractivity contribution in [3.05, 3.63) is 23.8 Å². The molecular formula is C15H21NO4. The maximum Gasteiger partial charge on any atom is 0.251 e. The predicted molar refractivity (Wildman–Crippen MR) is 75.2 cm³/mol. The van der Waals surface area contributed by atoms with Gasteiger partial charge in [-0.1, -0.05) is 0 Å². The normalized spacial score (nSPS) is 21.6. The molecular weight excluding hydrogens is 258 g/mol. The van der Waals surface area contributed by atoms with Crippen LogP contribution in [0, 0.1) is 5.92 Å². The fraction of sp³-hybridized carbons (Fsp3) is 0.533. The Balaban J connectivity index is 1.95. The number of carbonyl (C=O) groups is 1. The van der Waals surface area contributed by atoms with Crippen LogP contribution in [0.3, 0.4) is 0 Å². The fourth-order valence-corrected chi connectivity index (χ4v) is 2.55. The SMILES string of the molecule is COc1ccc(C(=O)NCC2CCC(O)C2)cc1OC. The second-order valence-corrected chi connectivity index (χ2v) is 5.11. The van der Waals surface area contributed by atoms with Crippen LogP contribution in [0.15, 0.2) is 18.2 Å². The van der Waals surface area contributed by atoms with E-state index in [2.05, 4.69) is 5.32 Å². The maximum absolute atomic E-state index is 12.1. The molecule has 0 bridgehead atoms. The zero-order valence-corrected chi connectivity index (χ0v) is 11.9. The zero-order chi connectivity index (χ0) is 14.5. The second-order valence-electron chi connectivity index (χ2n) is 5.11. The highest BCUT2D eigenvalue weighted by Crippen LogP contribution is 2.28. The van der Waals surface area contributed by atoms with E-state index in [1.165, 1.54) is 0 Å². The van der Waals surface area contributed by atoms with Gasteiger partial charge in [0.1, 0.15) is 0 Å². The van der Waals surface area contributed by atoms with Gasteiger partial charge in [-0.15, -0.1) is 0 Å². The molecule has 1 saturated carbocycles. The molecule has 1 aliphatic rings. The molecule has 1 aromatic rings. The summed E-state index contributed by atoms with van der Waals surface area (Å²) in [6.45, 7) is 0.601. The van der Waals surface area contributed by atoms with Crippen LogP contribution in [0.1, 0.15) is 29.6 Å². The number of amides is 1. The minimum absolute atomic E-state index is 0.132. The number of nitrogens with one attached hydrogen (secondary N) is 1. The highest BCUT2D eigenvalue weighted by Gasteiger charge is 2.23. The number of hydrogen-bond donors (Lipinski definition) is 2. The Labute approximate surface area is 118 Å². The first-order valence-corrected chi connectivity index (χ1v) is 6.82. The van der Waals surface area contributed by atoms with E-state index in [0.29, 0.717) is 29.5 Å². The predicted octanol–water partition coefficient (Wildman–Crippen LogP) is 1.59. The van der Waals surface area contributed by atoms with Crippen molar-refractivity contribution in [3.8, 4) is 11.5 Å². The highest BCUT2D eigenvalue weighted by molar-refractivity contribution is 5.94. The van der Waals surface area contributed by atoms with Gasteiger partial charge in [0, 0.05) is 12.1 Å². The third kappa shape index (κ3) is 3.42. The van der Waals surface area contributed by atoms with Crippen molar-refractivity contribution in [2.24, 2.45) is 5.92 Å². The number of aliphatic hydroxyl groups is 1. The topological polar surface area (TPSA) is 67.8 Å². The van der Waals surface area contributed by atoms with Gasteiger partial charge < -0.3 is 19.9 Å². The summed E-state index contributed by atoms with van der Waals surface area (Å²) >= 11 is 0. The number of aliphatic hydroxyl groups excluding tert-OH is 1. The molecule has 1 aliphatic carbocycles. The first kappa shape index (κ1) is 14.7. The quantitative estimate of drug-likeness (QED) is 0.859. The Morgan fingerprint density at radius 1 is 1.30 bits per heavy atom. The molecule has 2 unspecified atom stereocenters. The Morgan fingerprint density at radius 3 is 2.65 bits per heavy atom. The largest absolute Gasteiger partial charge is 0.493 e. The molecule has 2 atom stereocenters. The molecule has 0 saturated heterocycles. The minimum Gasteiger partial charge on any atom is -0.493 e. The lowest BCUT2D eigenvalue weighted by Gasteiger charge is -2.12. The van der Waals surface area contributed by atoms with Gasteiger partial charge in [-0.05, 0) is 43.4 Å². The lowest BCUT2D eigenvalue weighted by Crippen LogP contribution is -2.28. The van der Waals surface area contributed by atoms with Crippen LogP contribution < -0.4 is 14.8 Å². The summed E-state index contributed by atoms with van der Waals surface area (Å²) in [7, 11) is 3.10. The Bertz CT molecular complexity index is 475. The Hall–Kier alpha value is -1.75. The smallest absolute Gasteiger partial charge is 0.251 e. The average molecular weight is 279 g/mol. The number of hydrogen-bond acceptors (Lipinski definition) is 4. The first-order chi connectivity index (χ1) is 9.63. The van der Waals surface area contributed by atoms with Crippen molar-refractivity contribution in [1.82, 2.24) is 5.32 Å². The molecule has 2 rings (SSSR count). The summed E-state index contributed by atoms with van der Waals surface area (Å²) in [5.74, 6) is 1.38. The van der Waals surface area contributed by atoms with E-state index in [-0.39, 0.29) is 12.0 Å². The standard InChI is InChI=1S/C15H21NO4/c1-19-13-6-4-11(8-14(13)20-2)15(18)16-9-10-3-5-12(17)7-10/h4,6,8,10,12,17H,3,5,7,9H2,1-2H3,(H,16,18). The lowest BCUT2D eigenvalue weighted by atomic mass is 10.1. The number of carbonyl (C=O) groups excluding carboxylic acids is 1. The van der Waals surface area contributed by atoms with E-state index >= 15 is 0 Å². The Morgan fingerprint density at radius 2 is 2.05 bits per heavy atom. The molecule has 1 fully saturated rings. The number of methoxy groups -OCH3 is 2. The Kier molecular flexibility index (Phi) is 4.84. The molecule has 0 spiro atoms. The van der Waals surface area contributed by atoms with Crippen molar-refractivity contribution < 1.29 is 19.4 Å². The van der Waals surface area contributed by atoms with Gasteiger partial charge in [0.25, 0.3) is 5.91 Å². The zero-order valence-electron chi connectivity index (χ0n) is 11.9.